The van der Waals surface area contributed by atoms with E-state index in [-0.39, 0.29) is 11.3 Å². The van der Waals surface area contributed by atoms with E-state index in [0.29, 0.717) is 11.8 Å². The highest BCUT2D eigenvalue weighted by Gasteiger charge is 2.15. The lowest BCUT2D eigenvalue weighted by molar-refractivity contribution is 0.0730. The topological polar surface area (TPSA) is 69.9 Å². The molecule has 0 amide bonds. The maximum atomic E-state index is 13.5. The van der Waals surface area contributed by atoms with Gasteiger partial charge in [-0.1, -0.05) is 6.07 Å². The van der Waals surface area contributed by atoms with Crippen molar-refractivity contribution in [2.75, 3.05) is 0 Å². The van der Waals surface area contributed by atoms with Crippen molar-refractivity contribution in [3.63, 3.8) is 0 Å². The van der Waals surface area contributed by atoms with Gasteiger partial charge >= 0.3 is 5.97 Å². The fourth-order valence-electron chi connectivity index (χ4n) is 1.79. The van der Waals surface area contributed by atoms with Crippen LogP contribution in [-0.4, -0.2) is 26.2 Å². The Bertz CT molecular complexity index is 821. The minimum Gasteiger partial charge on any atom is -0.423 e. The van der Waals surface area contributed by atoms with Gasteiger partial charge in [-0.3, -0.25) is 0 Å². The number of rotatable bonds is 3. The van der Waals surface area contributed by atoms with Gasteiger partial charge in [-0.15, -0.1) is 5.10 Å². The lowest BCUT2D eigenvalue weighted by Crippen LogP contribution is -2.11. The predicted molar refractivity (Wildman–Crippen MR) is 70.5 cm³/mol. The third kappa shape index (κ3) is 2.80. The molecule has 3 aromatic rings. The SMILES string of the molecule is O=C(Oc1cccc(-n2cnnn2)c1)c1ccc(F)cc1F. The smallest absolute Gasteiger partial charge is 0.346 e. The second-order valence-corrected chi connectivity index (χ2v) is 4.27. The van der Waals surface area contributed by atoms with Crippen LogP contribution in [0.25, 0.3) is 5.69 Å². The van der Waals surface area contributed by atoms with Crippen LogP contribution in [0.1, 0.15) is 10.4 Å². The molecule has 0 saturated heterocycles. The average molecular weight is 302 g/mol. The highest BCUT2D eigenvalue weighted by molar-refractivity contribution is 5.91. The molecule has 0 N–H and O–H groups in total. The Labute approximate surface area is 123 Å². The van der Waals surface area contributed by atoms with E-state index in [0.717, 1.165) is 12.1 Å². The number of ether oxygens (including phenoxy) is 1. The summed E-state index contributed by atoms with van der Waals surface area (Å²) in [6, 6.07) is 8.99. The van der Waals surface area contributed by atoms with Crippen molar-refractivity contribution in [2.24, 2.45) is 0 Å². The summed E-state index contributed by atoms with van der Waals surface area (Å²) < 4.78 is 32.8. The summed E-state index contributed by atoms with van der Waals surface area (Å²) in [4.78, 5) is 11.9. The number of esters is 1. The van der Waals surface area contributed by atoms with E-state index in [4.69, 9.17) is 4.74 Å². The van der Waals surface area contributed by atoms with E-state index in [1.807, 2.05) is 0 Å². The van der Waals surface area contributed by atoms with Gasteiger partial charge in [0, 0.05) is 12.1 Å². The Morgan fingerprint density at radius 1 is 1.14 bits per heavy atom. The van der Waals surface area contributed by atoms with E-state index in [1.165, 1.54) is 23.1 Å². The van der Waals surface area contributed by atoms with Gasteiger partial charge in [0.25, 0.3) is 0 Å². The van der Waals surface area contributed by atoms with Crippen molar-refractivity contribution in [1.82, 2.24) is 20.2 Å². The molecule has 1 heterocycles. The van der Waals surface area contributed by atoms with Gasteiger partial charge in [-0.2, -0.15) is 0 Å². The number of tetrazole rings is 1. The Hall–Kier alpha value is -3.16. The molecule has 3 rings (SSSR count). The largest absolute Gasteiger partial charge is 0.423 e. The molecule has 2 aromatic carbocycles. The second kappa shape index (κ2) is 5.68. The maximum Gasteiger partial charge on any atom is 0.346 e. The lowest BCUT2D eigenvalue weighted by Gasteiger charge is -2.07. The Morgan fingerprint density at radius 2 is 2.00 bits per heavy atom. The fourth-order valence-corrected chi connectivity index (χ4v) is 1.79. The molecule has 8 heteroatoms. The zero-order chi connectivity index (χ0) is 15.5. The molecular weight excluding hydrogens is 294 g/mol. The fraction of sp³-hybridized carbons (Fsp3) is 0. The average Bonchev–Trinajstić information content (AvgIpc) is 3.01. The molecule has 0 aliphatic heterocycles. The van der Waals surface area contributed by atoms with Crippen LogP contribution in [0.4, 0.5) is 8.78 Å². The van der Waals surface area contributed by atoms with E-state index < -0.39 is 17.6 Å². The molecule has 0 saturated carbocycles. The Balaban J connectivity index is 1.84. The number of aromatic nitrogens is 4. The number of carbonyl (C=O) groups excluding carboxylic acids is 1. The third-order valence-corrected chi connectivity index (χ3v) is 2.79. The summed E-state index contributed by atoms with van der Waals surface area (Å²) in [5.74, 6) is -2.50. The van der Waals surface area contributed by atoms with Crippen molar-refractivity contribution < 1.29 is 18.3 Å². The van der Waals surface area contributed by atoms with E-state index in [1.54, 1.807) is 12.1 Å². The van der Waals surface area contributed by atoms with Crippen LogP contribution in [0, 0.1) is 11.6 Å². The quantitative estimate of drug-likeness (QED) is 0.548. The van der Waals surface area contributed by atoms with Gasteiger partial charge in [-0.25, -0.2) is 18.3 Å². The van der Waals surface area contributed by atoms with Crippen LogP contribution in [0.5, 0.6) is 5.75 Å². The molecular formula is C14H8F2N4O2. The van der Waals surface area contributed by atoms with Crippen LogP contribution in [0.2, 0.25) is 0 Å². The lowest BCUT2D eigenvalue weighted by atomic mass is 10.2. The molecule has 0 spiro atoms. The molecule has 6 nitrogen and oxygen atoms in total. The van der Waals surface area contributed by atoms with Crippen molar-refractivity contribution in [3.05, 3.63) is 66.0 Å². The Kier molecular flexibility index (Phi) is 3.57. The first kappa shape index (κ1) is 13.8. The molecule has 0 aliphatic rings. The monoisotopic (exact) mass is 302 g/mol. The number of carbonyl (C=O) groups is 1. The number of benzene rings is 2. The highest BCUT2D eigenvalue weighted by Crippen LogP contribution is 2.18. The molecule has 110 valence electrons. The van der Waals surface area contributed by atoms with Gasteiger partial charge in [0.15, 0.2) is 0 Å². The van der Waals surface area contributed by atoms with Gasteiger partial charge < -0.3 is 4.74 Å². The van der Waals surface area contributed by atoms with Crippen molar-refractivity contribution >= 4 is 5.97 Å². The first-order chi connectivity index (χ1) is 10.6. The van der Waals surface area contributed by atoms with Gasteiger partial charge in [0.05, 0.1) is 11.3 Å². The second-order valence-electron chi connectivity index (χ2n) is 4.27. The zero-order valence-corrected chi connectivity index (χ0v) is 11.0. The number of nitrogens with zero attached hydrogens (tertiary/aromatic N) is 4. The molecule has 0 aliphatic carbocycles. The first-order valence-corrected chi connectivity index (χ1v) is 6.14. The summed E-state index contributed by atoms with van der Waals surface area (Å²) in [6.07, 6.45) is 1.38. The van der Waals surface area contributed by atoms with Crippen LogP contribution in [0.15, 0.2) is 48.8 Å². The summed E-state index contributed by atoms with van der Waals surface area (Å²) in [7, 11) is 0. The molecule has 22 heavy (non-hydrogen) atoms. The molecule has 0 radical (unpaired) electrons. The van der Waals surface area contributed by atoms with Crippen molar-refractivity contribution in [3.8, 4) is 11.4 Å². The van der Waals surface area contributed by atoms with Gasteiger partial charge in [0.2, 0.25) is 0 Å². The number of halogens is 2. The standard InChI is InChI=1S/C14H8F2N4O2/c15-9-4-5-12(13(16)6-9)14(21)22-11-3-1-2-10(7-11)20-8-17-18-19-20/h1-8H. The molecule has 0 fully saturated rings. The number of hydrogen-bond donors (Lipinski definition) is 0. The molecule has 0 atom stereocenters. The van der Waals surface area contributed by atoms with Crippen LogP contribution < -0.4 is 4.74 Å². The van der Waals surface area contributed by atoms with Crippen LogP contribution >= 0.6 is 0 Å². The van der Waals surface area contributed by atoms with Gasteiger partial charge in [-0.05, 0) is 34.7 Å². The maximum absolute atomic E-state index is 13.5. The highest BCUT2D eigenvalue weighted by atomic mass is 19.1. The first-order valence-electron chi connectivity index (χ1n) is 6.14. The van der Waals surface area contributed by atoms with Gasteiger partial charge in [0.1, 0.15) is 23.7 Å². The van der Waals surface area contributed by atoms with Crippen LogP contribution in [-0.2, 0) is 0 Å². The van der Waals surface area contributed by atoms with Crippen LogP contribution in [0.3, 0.4) is 0 Å². The van der Waals surface area contributed by atoms with E-state index >= 15 is 0 Å². The Morgan fingerprint density at radius 3 is 2.73 bits per heavy atom. The summed E-state index contributed by atoms with van der Waals surface area (Å²) in [5.41, 5.74) is 0.212. The zero-order valence-electron chi connectivity index (χ0n) is 11.0. The molecule has 0 unspecified atom stereocenters. The molecule has 0 bridgehead atoms. The van der Waals surface area contributed by atoms with Crippen molar-refractivity contribution in [1.29, 1.82) is 0 Å². The minimum absolute atomic E-state index is 0.182. The predicted octanol–water partition coefficient (Wildman–Crippen LogP) is 2.16. The summed E-state index contributed by atoms with van der Waals surface area (Å²) in [5, 5.41) is 10.7. The third-order valence-electron chi connectivity index (χ3n) is 2.79. The summed E-state index contributed by atoms with van der Waals surface area (Å²) in [6.45, 7) is 0. The summed E-state index contributed by atoms with van der Waals surface area (Å²) >= 11 is 0. The number of hydrogen-bond acceptors (Lipinski definition) is 5. The minimum atomic E-state index is -0.985. The van der Waals surface area contributed by atoms with Crippen molar-refractivity contribution in [2.45, 2.75) is 0 Å². The van der Waals surface area contributed by atoms with E-state index in [2.05, 4.69) is 15.5 Å². The molecule has 1 aromatic heterocycles. The normalized spacial score (nSPS) is 10.5. The van der Waals surface area contributed by atoms with E-state index in [9.17, 15) is 13.6 Å².